The van der Waals surface area contributed by atoms with Crippen LogP contribution < -0.4 is 5.56 Å². The maximum Gasteiger partial charge on any atom is 0.249 e. The Morgan fingerprint density at radius 1 is 1.26 bits per heavy atom. The number of hydrogen-bond acceptors (Lipinski definition) is 2. The van der Waals surface area contributed by atoms with Crippen LogP contribution >= 0.6 is 0 Å². The molecule has 3 fully saturated rings. The van der Waals surface area contributed by atoms with Gasteiger partial charge in [0.2, 0.25) is 5.56 Å². The molecule has 1 atom stereocenters. The minimum atomic E-state index is -0.0181. The largest absolute Gasteiger partial charge is 0.305 e. The summed E-state index contributed by atoms with van der Waals surface area (Å²) in [5, 5.41) is 8.37. The number of H-pyrrole nitrogens is 2. The molecule has 4 heteroatoms. The molecule has 5 rings (SSSR count). The fourth-order valence-electron chi connectivity index (χ4n) is 4.29. The van der Waals surface area contributed by atoms with Gasteiger partial charge < -0.3 is 4.98 Å². The quantitative estimate of drug-likeness (QED) is 0.825. The zero-order valence-corrected chi connectivity index (χ0v) is 11.2. The summed E-state index contributed by atoms with van der Waals surface area (Å²) in [6.45, 7) is 2.04. The van der Waals surface area contributed by atoms with E-state index < -0.39 is 0 Å². The Morgan fingerprint density at radius 3 is 2.74 bits per heavy atom. The van der Waals surface area contributed by atoms with Crippen LogP contribution in [0.25, 0.3) is 11.0 Å². The average Bonchev–Trinajstić information content (AvgIpc) is 2.80. The minimum Gasteiger partial charge on any atom is -0.305 e. The number of nitrogens with zero attached hydrogens (tertiary/aromatic N) is 1. The number of hydrogen-bond donors (Lipinski definition) is 2. The van der Waals surface area contributed by atoms with Crippen molar-refractivity contribution in [2.24, 2.45) is 11.8 Å². The van der Waals surface area contributed by atoms with E-state index in [1.165, 1.54) is 37.7 Å². The lowest BCUT2D eigenvalue weighted by Gasteiger charge is -2.42. The third-order valence-electron chi connectivity index (χ3n) is 5.21. The third kappa shape index (κ3) is 1.66. The van der Waals surface area contributed by atoms with E-state index in [4.69, 9.17) is 0 Å². The van der Waals surface area contributed by atoms with Crippen molar-refractivity contribution in [3.8, 4) is 0 Å². The van der Waals surface area contributed by atoms with Gasteiger partial charge in [0, 0.05) is 17.1 Å². The van der Waals surface area contributed by atoms with Crippen molar-refractivity contribution >= 4 is 11.0 Å². The molecular formula is C15H19N3O. The van der Waals surface area contributed by atoms with Gasteiger partial charge in [-0.3, -0.25) is 9.89 Å². The number of rotatable bonds is 1. The molecule has 2 bridgehead atoms. The van der Waals surface area contributed by atoms with Crippen molar-refractivity contribution in [1.82, 2.24) is 15.2 Å². The van der Waals surface area contributed by atoms with Crippen LogP contribution in [0.3, 0.4) is 0 Å². The van der Waals surface area contributed by atoms with Crippen LogP contribution in [0.15, 0.2) is 10.9 Å². The van der Waals surface area contributed by atoms with Crippen molar-refractivity contribution in [3.05, 3.63) is 27.7 Å². The first-order valence-corrected chi connectivity index (χ1v) is 7.30. The highest BCUT2D eigenvalue weighted by Crippen LogP contribution is 2.50. The van der Waals surface area contributed by atoms with E-state index in [1.54, 1.807) is 0 Å². The van der Waals surface area contributed by atoms with E-state index in [0.29, 0.717) is 5.92 Å². The van der Waals surface area contributed by atoms with Crippen LogP contribution in [0, 0.1) is 18.8 Å². The molecule has 0 saturated heterocycles. The lowest BCUT2D eigenvalue weighted by Crippen LogP contribution is -2.30. The van der Waals surface area contributed by atoms with Crippen molar-refractivity contribution in [2.45, 2.75) is 44.9 Å². The van der Waals surface area contributed by atoms with E-state index in [-0.39, 0.29) is 5.56 Å². The molecule has 2 N–H and O–H groups in total. The topological polar surface area (TPSA) is 61.5 Å². The molecule has 3 aliphatic rings. The van der Waals surface area contributed by atoms with Crippen molar-refractivity contribution in [1.29, 1.82) is 0 Å². The van der Waals surface area contributed by atoms with Gasteiger partial charge in [-0.25, -0.2) is 0 Å². The summed E-state index contributed by atoms with van der Waals surface area (Å²) in [6.07, 6.45) is 6.70. The van der Waals surface area contributed by atoms with E-state index in [9.17, 15) is 4.79 Å². The van der Waals surface area contributed by atoms with Gasteiger partial charge in [0.1, 0.15) is 0 Å². The fraction of sp³-hybridized carbons (Fsp3) is 0.600. The zero-order chi connectivity index (χ0) is 13.0. The molecule has 2 aromatic rings. The van der Waals surface area contributed by atoms with E-state index >= 15 is 0 Å². The molecule has 19 heavy (non-hydrogen) atoms. The van der Waals surface area contributed by atoms with Gasteiger partial charge in [-0.05, 0) is 49.5 Å². The molecule has 4 nitrogen and oxygen atoms in total. The monoisotopic (exact) mass is 257 g/mol. The summed E-state index contributed by atoms with van der Waals surface area (Å²) in [5.74, 6) is 2.20. The standard InChI is InChI=1S/C15H19N3O/c1-8-14-12(7-13(19)16-15(14)18-17-8)11-6-9-2-4-10(11)5-3-9/h7,9-11H,2-6H2,1H3,(H2,16,17,18,19). The summed E-state index contributed by atoms with van der Waals surface area (Å²) < 4.78 is 0. The number of aromatic nitrogens is 3. The molecule has 100 valence electrons. The van der Waals surface area contributed by atoms with Gasteiger partial charge in [-0.1, -0.05) is 12.8 Å². The summed E-state index contributed by atoms with van der Waals surface area (Å²) >= 11 is 0. The predicted molar refractivity (Wildman–Crippen MR) is 74.3 cm³/mol. The average molecular weight is 257 g/mol. The number of aromatic amines is 2. The van der Waals surface area contributed by atoms with Crippen LogP contribution in [0.5, 0.6) is 0 Å². The Bertz CT molecular complexity index is 676. The first-order chi connectivity index (χ1) is 9.22. The molecular weight excluding hydrogens is 238 g/mol. The highest BCUT2D eigenvalue weighted by Gasteiger charge is 2.37. The van der Waals surface area contributed by atoms with Crippen molar-refractivity contribution in [3.63, 3.8) is 0 Å². The lowest BCUT2D eigenvalue weighted by molar-refractivity contribution is 0.145. The maximum atomic E-state index is 11.9. The number of pyridine rings is 1. The van der Waals surface area contributed by atoms with Gasteiger partial charge >= 0.3 is 0 Å². The molecule has 1 unspecified atom stereocenters. The van der Waals surface area contributed by atoms with Crippen molar-refractivity contribution < 1.29 is 0 Å². The second-order valence-electron chi connectivity index (χ2n) is 6.28. The molecule has 0 radical (unpaired) electrons. The van der Waals surface area contributed by atoms with Gasteiger partial charge in [0.05, 0.1) is 0 Å². The van der Waals surface area contributed by atoms with Crippen molar-refractivity contribution in [2.75, 3.05) is 0 Å². The first kappa shape index (κ1) is 11.3. The molecule has 3 aliphatic carbocycles. The molecule has 2 heterocycles. The Kier molecular flexibility index (Phi) is 2.34. The number of nitrogens with one attached hydrogen (secondary N) is 2. The van der Waals surface area contributed by atoms with E-state index in [2.05, 4.69) is 15.2 Å². The van der Waals surface area contributed by atoms with Gasteiger partial charge in [-0.2, -0.15) is 5.10 Å². The zero-order valence-electron chi connectivity index (χ0n) is 11.2. The normalized spacial score (nSPS) is 30.1. The van der Waals surface area contributed by atoms with Gasteiger partial charge in [0.15, 0.2) is 5.65 Å². The van der Waals surface area contributed by atoms with Crippen LogP contribution in [0.2, 0.25) is 0 Å². The Hall–Kier alpha value is -1.58. The van der Waals surface area contributed by atoms with Crippen LogP contribution in [0.1, 0.15) is 49.3 Å². The fourth-order valence-corrected chi connectivity index (χ4v) is 4.29. The first-order valence-electron chi connectivity index (χ1n) is 7.30. The molecule has 2 aromatic heterocycles. The summed E-state index contributed by atoms with van der Waals surface area (Å²) in [7, 11) is 0. The predicted octanol–water partition coefficient (Wildman–Crippen LogP) is 2.85. The highest BCUT2D eigenvalue weighted by molar-refractivity contribution is 5.81. The minimum absolute atomic E-state index is 0.0181. The Morgan fingerprint density at radius 2 is 2.05 bits per heavy atom. The summed E-state index contributed by atoms with van der Waals surface area (Å²) in [4.78, 5) is 14.7. The molecule has 0 amide bonds. The number of fused-ring (bicyclic) bond motifs is 4. The second-order valence-corrected chi connectivity index (χ2v) is 6.28. The number of aryl methyl sites for hydroxylation is 1. The van der Waals surface area contributed by atoms with Crippen LogP contribution in [-0.4, -0.2) is 15.2 Å². The molecule has 0 aromatic carbocycles. The van der Waals surface area contributed by atoms with Gasteiger partial charge in [0.25, 0.3) is 0 Å². The lowest BCUT2D eigenvalue weighted by atomic mass is 9.62. The highest BCUT2D eigenvalue weighted by atomic mass is 16.1. The summed E-state index contributed by atoms with van der Waals surface area (Å²) in [5.41, 5.74) is 3.01. The van der Waals surface area contributed by atoms with E-state index in [0.717, 1.165) is 28.6 Å². The second kappa shape index (κ2) is 3.95. The van der Waals surface area contributed by atoms with Crippen LogP contribution in [-0.2, 0) is 0 Å². The molecule has 0 aliphatic heterocycles. The summed E-state index contributed by atoms with van der Waals surface area (Å²) in [6, 6.07) is 1.82. The van der Waals surface area contributed by atoms with Gasteiger partial charge in [-0.15, -0.1) is 0 Å². The molecule has 3 saturated carbocycles. The molecule has 0 spiro atoms. The van der Waals surface area contributed by atoms with E-state index in [1.807, 2.05) is 13.0 Å². The Balaban J connectivity index is 1.90. The third-order valence-corrected chi connectivity index (χ3v) is 5.21. The Labute approximate surface area is 111 Å². The smallest absolute Gasteiger partial charge is 0.249 e. The SMILES string of the molecule is Cc1[nH]nc2[nH]c(=O)cc(C3CC4CCC3CC4)c12. The van der Waals surface area contributed by atoms with Crippen LogP contribution in [0.4, 0.5) is 0 Å². The maximum absolute atomic E-state index is 11.9.